The number of halogens is 1. The Kier molecular flexibility index (Phi) is 4.32. The van der Waals surface area contributed by atoms with Gasteiger partial charge in [0.2, 0.25) is 0 Å². The molecular formula is C18H17BrN2S. The molecule has 112 valence electrons. The lowest BCUT2D eigenvalue weighted by atomic mass is 10.1. The minimum Gasteiger partial charge on any atom is -0.332 e. The molecule has 0 fully saturated rings. The maximum atomic E-state index is 4.76. The zero-order chi connectivity index (χ0) is 15.7. The Morgan fingerprint density at radius 3 is 2.23 bits per heavy atom. The first-order valence-electron chi connectivity index (χ1n) is 7.10. The topological polar surface area (TPSA) is 24.9 Å². The SMILES string of the molecule is Cc1cc(C)cc(Nc2nc(-c3ccc(Br)cc3)c(C)s2)c1. The highest BCUT2D eigenvalue weighted by molar-refractivity contribution is 9.10. The number of nitrogens with zero attached hydrogens (tertiary/aromatic N) is 1. The quantitative estimate of drug-likeness (QED) is 0.588. The van der Waals surface area contributed by atoms with Crippen LogP contribution in [0.2, 0.25) is 0 Å². The second kappa shape index (κ2) is 6.23. The summed E-state index contributed by atoms with van der Waals surface area (Å²) in [7, 11) is 0. The molecule has 1 N–H and O–H groups in total. The number of hydrogen-bond acceptors (Lipinski definition) is 3. The van der Waals surface area contributed by atoms with Crippen molar-refractivity contribution in [3.63, 3.8) is 0 Å². The predicted molar refractivity (Wildman–Crippen MR) is 99.2 cm³/mol. The van der Waals surface area contributed by atoms with E-state index in [4.69, 9.17) is 4.98 Å². The summed E-state index contributed by atoms with van der Waals surface area (Å²) >= 11 is 5.16. The molecule has 0 saturated carbocycles. The fourth-order valence-electron chi connectivity index (χ4n) is 2.50. The summed E-state index contributed by atoms with van der Waals surface area (Å²) in [5, 5.41) is 4.36. The van der Waals surface area contributed by atoms with Crippen LogP contribution >= 0.6 is 27.3 Å². The van der Waals surface area contributed by atoms with Gasteiger partial charge in [0.15, 0.2) is 5.13 Å². The third-order valence-corrected chi connectivity index (χ3v) is 4.80. The average Bonchev–Trinajstić information content (AvgIpc) is 2.79. The monoisotopic (exact) mass is 372 g/mol. The van der Waals surface area contributed by atoms with Crippen LogP contribution in [0.1, 0.15) is 16.0 Å². The number of nitrogens with one attached hydrogen (secondary N) is 1. The van der Waals surface area contributed by atoms with E-state index in [-0.39, 0.29) is 0 Å². The molecule has 0 aliphatic rings. The van der Waals surface area contributed by atoms with Crippen molar-refractivity contribution in [3.8, 4) is 11.3 Å². The van der Waals surface area contributed by atoms with Gasteiger partial charge in [0.25, 0.3) is 0 Å². The third kappa shape index (κ3) is 3.39. The molecule has 0 amide bonds. The molecule has 4 heteroatoms. The summed E-state index contributed by atoms with van der Waals surface area (Å²) < 4.78 is 1.08. The number of benzene rings is 2. The Morgan fingerprint density at radius 2 is 1.59 bits per heavy atom. The first kappa shape index (κ1) is 15.3. The number of hydrogen-bond donors (Lipinski definition) is 1. The standard InChI is InChI=1S/C18H17BrN2S/c1-11-8-12(2)10-16(9-11)20-18-21-17(13(3)22-18)14-4-6-15(19)7-5-14/h4-10H,1-3H3,(H,20,21). The average molecular weight is 373 g/mol. The molecule has 0 unspecified atom stereocenters. The number of thiazole rings is 1. The Labute approximate surface area is 143 Å². The van der Waals surface area contributed by atoms with E-state index < -0.39 is 0 Å². The van der Waals surface area contributed by atoms with Crippen molar-refractivity contribution < 1.29 is 0 Å². The zero-order valence-corrected chi connectivity index (χ0v) is 15.2. The van der Waals surface area contributed by atoms with Crippen LogP contribution in [0, 0.1) is 20.8 Å². The van der Waals surface area contributed by atoms with Gasteiger partial charge < -0.3 is 5.32 Å². The second-order valence-corrected chi connectivity index (χ2v) is 7.55. The fraction of sp³-hybridized carbons (Fsp3) is 0.167. The minimum absolute atomic E-state index is 0.931. The van der Waals surface area contributed by atoms with Gasteiger partial charge in [0, 0.05) is 20.6 Å². The molecule has 0 atom stereocenters. The van der Waals surface area contributed by atoms with Crippen molar-refractivity contribution in [3.05, 3.63) is 62.9 Å². The molecule has 3 aromatic rings. The summed E-state index contributed by atoms with van der Waals surface area (Å²) in [6, 6.07) is 14.7. The van der Waals surface area contributed by atoms with Crippen LogP contribution in [0.25, 0.3) is 11.3 Å². The normalized spacial score (nSPS) is 10.7. The van der Waals surface area contributed by atoms with Gasteiger partial charge in [0.05, 0.1) is 5.69 Å². The van der Waals surface area contributed by atoms with E-state index in [1.165, 1.54) is 16.0 Å². The van der Waals surface area contributed by atoms with E-state index in [1.54, 1.807) is 11.3 Å². The summed E-state index contributed by atoms with van der Waals surface area (Å²) in [6.07, 6.45) is 0. The molecule has 0 aliphatic carbocycles. The maximum Gasteiger partial charge on any atom is 0.187 e. The van der Waals surface area contributed by atoms with Gasteiger partial charge in [-0.1, -0.05) is 34.1 Å². The highest BCUT2D eigenvalue weighted by Crippen LogP contribution is 2.32. The van der Waals surface area contributed by atoms with Crippen LogP contribution in [0.15, 0.2) is 46.9 Å². The van der Waals surface area contributed by atoms with Crippen molar-refractivity contribution >= 4 is 38.1 Å². The van der Waals surface area contributed by atoms with Gasteiger partial charge in [0.1, 0.15) is 0 Å². The summed E-state index contributed by atoms with van der Waals surface area (Å²) in [5.41, 5.74) is 5.79. The lowest BCUT2D eigenvalue weighted by Crippen LogP contribution is -1.91. The van der Waals surface area contributed by atoms with Crippen molar-refractivity contribution in [1.29, 1.82) is 0 Å². The van der Waals surface area contributed by atoms with Crippen molar-refractivity contribution in [2.24, 2.45) is 0 Å². The van der Waals surface area contributed by atoms with E-state index in [2.05, 4.69) is 72.3 Å². The molecule has 0 bridgehead atoms. The lowest BCUT2D eigenvalue weighted by Gasteiger charge is -2.05. The van der Waals surface area contributed by atoms with Crippen LogP contribution in [-0.2, 0) is 0 Å². The van der Waals surface area contributed by atoms with Gasteiger partial charge in [-0.25, -0.2) is 4.98 Å². The molecule has 0 radical (unpaired) electrons. The largest absolute Gasteiger partial charge is 0.332 e. The molecule has 0 saturated heterocycles. The molecule has 2 nitrogen and oxygen atoms in total. The fourth-order valence-corrected chi connectivity index (χ4v) is 3.62. The van der Waals surface area contributed by atoms with Crippen molar-refractivity contribution in [2.75, 3.05) is 5.32 Å². The van der Waals surface area contributed by atoms with Gasteiger partial charge in [-0.05, 0) is 56.2 Å². The smallest absolute Gasteiger partial charge is 0.187 e. The van der Waals surface area contributed by atoms with Crippen LogP contribution in [0.5, 0.6) is 0 Å². The zero-order valence-electron chi connectivity index (χ0n) is 12.8. The number of anilines is 2. The Bertz CT molecular complexity index is 786. The molecular weight excluding hydrogens is 356 g/mol. The Morgan fingerprint density at radius 1 is 0.955 bits per heavy atom. The van der Waals surface area contributed by atoms with Gasteiger partial charge >= 0.3 is 0 Å². The number of rotatable bonds is 3. The lowest BCUT2D eigenvalue weighted by molar-refractivity contribution is 1.34. The highest BCUT2D eigenvalue weighted by Gasteiger charge is 2.10. The first-order valence-corrected chi connectivity index (χ1v) is 8.71. The van der Waals surface area contributed by atoms with Gasteiger partial charge in [-0.3, -0.25) is 0 Å². The predicted octanol–water partition coefficient (Wildman–Crippen LogP) is 6.24. The van der Waals surface area contributed by atoms with E-state index in [9.17, 15) is 0 Å². The van der Waals surface area contributed by atoms with Crippen LogP contribution in [0.4, 0.5) is 10.8 Å². The minimum atomic E-state index is 0.931. The third-order valence-electron chi connectivity index (χ3n) is 3.39. The molecule has 0 aliphatic heterocycles. The van der Waals surface area contributed by atoms with Crippen LogP contribution < -0.4 is 5.32 Å². The number of aromatic nitrogens is 1. The Hall–Kier alpha value is -1.65. The molecule has 1 heterocycles. The molecule has 2 aromatic carbocycles. The summed E-state index contributed by atoms with van der Waals surface area (Å²) in [6.45, 7) is 6.33. The molecule has 3 rings (SSSR count). The van der Waals surface area contributed by atoms with Crippen LogP contribution in [0.3, 0.4) is 0 Å². The Balaban J connectivity index is 1.90. The van der Waals surface area contributed by atoms with Crippen molar-refractivity contribution in [1.82, 2.24) is 4.98 Å². The van der Waals surface area contributed by atoms with E-state index in [0.29, 0.717) is 0 Å². The summed E-state index contributed by atoms with van der Waals surface area (Å²) in [4.78, 5) is 5.97. The second-order valence-electron chi connectivity index (χ2n) is 5.43. The van der Waals surface area contributed by atoms with E-state index in [1.807, 2.05) is 12.1 Å². The van der Waals surface area contributed by atoms with Gasteiger partial charge in [-0.2, -0.15) is 0 Å². The van der Waals surface area contributed by atoms with Crippen molar-refractivity contribution in [2.45, 2.75) is 20.8 Å². The highest BCUT2D eigenvalue weighted by atomic mass is 79.9. The number of aryl methyl sites for hydroxylation is 3. The van der Waals surface area contributed by atoms with E-state index >= 15 is 0 Å². The molecule has 0 spiro atoms. The van der Waals surface area contributed by atoms with E-state index in [0.717, 1.165) is 26.5 Å². The van der Waals surface area contributed by atoms with Gasteiger partial charge in [-0.15, -0.1) is 11.3 Å². The summed E-state index contributed by atoms with van der Waals surface area (Å²) in [5.74, 6) is 0. The first-order chi connectivity index (χ1) is 10.5. The van der Waals surface area contributed by atoms with Crippen LogP contribution in [-0.4, -0.2) is 4.98 Å². The molecule has 22 heavy (non-hydrogen) atoms. The maximum absolute atomic E-state index is 4.76. The molecule has 1 aromatic heterocycles.